The van der Waals surface area contributed by atoms with E-state index in [4.69, 9.17) is 5.73 Å². The fourth-order valence-electron chi connectivity index (χ4n) is 4.80. The van der Waals surface area contributed by atoms with E-state index < -0.39 is 0 Å². The molecule has 0 atom stereocenters. The molecule has 0 saturated heterocycles. The Kier molecular flexibility index (Phi) is 8.09. The largest absolute Gasteiger partial charge is 0.330 e. The highest BCUT2D eigenvalue weighted by Gasteiger charge is 2.22. The third kappa shape index (κ3) is 6.55. The zero-order valence-corrected chi connectivity index (χ0v) is 18.5. The van der Waals surface area contributed by atoms with Gasteiger partial charge >= 0.3 is 0 Å². The smallest absolute Gasteiger partial charge is 0.0242 e. The summed E-state index contributed by atoms with van der Waals surface area (Å²) in [5.74, 6) is 1.55. The van der Waals surface area contributed by atoms with Crippen LogP contribution in [-0.4, -0.2) is 24.5 Å². The Bertz CT molecular complexity index is 762. The number of benzene rings is 2. The molecule has 29 heavy (non-hydrogen) atoms. The lowest BCUT2D eigenvalue weighted by Gasteiger charge is -2.32. The summed E-state index contributed by atoms with van der Waals surface area (Å²) in [5.41, 5.74) is 12.9. The number of hydrogen-bond donors (Lipinski definition) is 1. The van der Waals surface area contributed by atoms with Crippen LogP contribution in [0.3, 0.4) is 0 Å². The first kappa shape index (κ1) is 21.8. The Morgan fingerprint density at radius 1 is 0.931 bits per heavy atom. The van der Waals surface area contributed by atoms with Crippen molar-refractivity contribution in [2.75, 3.05) is 19.6 Å². The van der Waals surface area contributed by atoms with E-state index in [-0.39, 0.29) is 0 Å². The molecule has 0 bridgehead atoms. The molecular formula is C27H38N2. The van der Waals surface area contributed by atoms with Gasteiger partial charge in [-0.3, -0.25) is 4.90 Å². The van der Waals surface area contributed by atoms with E-state index >= 15 is 0 Å². The first-order valence-electron chi connectivity index (χ1n) is 11.3. The highest BCUT2D eigenvalue weighted by atomic mass is 15.1. The maximum atomic E-state index is 5.90. The van der Waals surface area contributed by atoms with Gasteiger partial charge in [0.25, 0.3) is 0 Å². The average molecular weight is 391 g/mol. The van der Waals surface area contributed by atoms with Crippen molar-refractivity contribution < 1.29 is 0 Å². The molecular weight excluding hydrogens is 352 g/mol. The van der Waals surface area contributed by atoms with Crippen molar-refractivity contribution in [3.05, 3.63) is 76.4 Å². The maximum Gasteiger partial charge on any atom is 0.0242 e. The van der Waals surface area contributed by atoms with Crippen LogP contribution in [0, 0.1) is 32.6 Å². The van der Waals surface area contributed by atoms with Crippen LogP contribution >= 0.6 is 0 Å². The predicted molar refractivity (Wildman–Crippen MR) is 126 cm³/mol. The molecule has 0 unspecified atom stereocenters. The summed E-state index contributed by atoms with van der Waals surface area (Å²) in [6.07, 6.45) is 9.85. The predicted octanol–water partition coefficient (Wildman–Crippen LogP) is 5.89. The molecule has 3 rings (SSSR count). The Morgan fingerprint density at radius 3 is 2.17 bits per heavy atom. The monoisotopic (exact) mass is 390 g/mol. The minimum Gasteiger partial charge on any atom is -0.330 e. The number of nitrogens with zero attached hydrogens (tertiary/aromatic N) is 1. The van der Waals surface area contributed by atoms with Crippen LogP contribution in [0.5, 0.6) is 0 Å². The molecule has 2 aromatic carbocycles. The topological polar surface area (TPSA) is 29.3 Å². The van der Waals surface area contributed by atoms with E-state index in [0.717, 1.165) is 31.5 Å². The summed E-state index contributed by atoms with van der Waals surface area (Å²) >= 11 is 0. The molecule has 0 aromatic heterocycles. The van der Waals surface area contributed by atoms with E-state index in [1.165, 1.54) is 60.0 Å². The first-order valence-corrected chi connectivity index (χ1v) is 11.3. The Balaban J connectivity index is 1.70. The van der Waals surface area contributed by atoms with Gasteiger partial charge < -0.3 is 5.73 Å². The summed E-state index contributed by atoms with van der Waals surface area (Å²) in [7, 11) is 0. The summed E-state index contributed by atoms with van der Waals surface area (Å²) in [6, 6.07) is 15.3. The number of nitrogens with two attached hydrogens (primary N) is 1. The number of hydrogen-bond acceptors (Lipinski definition) is 2. The number of aryl methyl sites for hydroxylation is 3. The molecule has 1 aliphatic rings. The highest BCUT2D eigenvalue weighted by Crippen LogP contribution is 2.29. The molecule has 0 heterocycles. The Hall–Kier alpha value is -1.90. The van der Waals surface area contributed by atoms with Crippen LogP contribution in [0.25, 0.3) is 6.08 Å². The van der Waals surface area contributed by atoms with Crippen molar-refractivity contribution in [3.8, 4) is 0 Å². The fourth-order valence-corrected chi connectivity index (χ4v) is 4.80. The second kappa shape index (κ2) is 10.8. The molecule has 156 valence electrons. The van der Waals surface area contributed by atoms with Gasteiger partial charge in [0, 0.05) is 19.6 Å². The van der Waals surface area contributed by atoms with Crippen molar-refractivity contribution in [2.24, 2.45) is 17.6 Å². The summed E-state index contributed by atoms with van der Waals surface area (Å²) in [5, 5.41) is 0. The van der Waals surface area contributed by atoms with Crippen molar-refractivity contribution in [2.45, 2.75) is 53.0 Å². The highest BCUT2D eigenvalue weighted by molar-refractivity contribution is 5.48. The molecule has 1 saturated carbocycles. The van der Waals surface area contributed by atoms with E-state index in [2.05, 4.69) is 80.3 Å². The molecule has 1 aliphatic carbocycles. The molecule has 1 fully saturated rings. The summed E-state index contributed by atoms with van der Waals surface area (Å²) in [6.45, 7) is 10.8. The van der Waals surface area contributed by atoms with Gasteiger partial charge in [-0.05, 0) is 87.1 Å². The standard InChI is InChI=1S/C27H38N2/c1-21-16-22(2)27(23(3)17-21)20-29(15-7-10-24-8-5-4-6-9-24)19-26-13-11-25(18-28)12-14-26/h4-10,16-17,25-26H,11-15,18-20,28H2,1-3H3. The van der Waals surface area contributed by atoms with Gasteiger partial charge in [-0.2, -0.15) is 0 Å². The first-order chi connectivity index (χ1) is 14.0. The van der Waals surface area contributed by atoms with E-state index in [1.807, 2.05) is 0 Å². The normalized spacial score (nSPS) is 19.9. The van der Waals surface area contributed by atoms with Crippen molar-refractivity contribution in [1.29, 1.82) is 0 Å². The summed E-state index contributed by atoms with van der Waals surface area (Å²) in [4.78, 5) is 2.65. The third-order valence-electron chi connectivity index (χ3n) is 6.51. The lowest BCUT2D eigenvalue weighted by molar-refractivity contribution is 0.188. The van der Waals surface area contributed by atoms with Gasteiger partial charge in [0.15, 0.2) is 0 Å². The van der Waals surface area contributed by atoms with E-state index in [1.54, 1.807) is 0 Å². The lowest BCUT2D eigenvalue weighted by Crippen LogP contribution is -2.33. The van der Waals surface area contributed by atoms with Crippen LogP contribution in [0.4, 0.5) is 0 Å². The Labute approximate surface area is 177 Å². The lowest BCUT2D eigenvalue weighted by atomic mass is 9.82. The zero-order chi connectivity index (χ0) is 20.6. The molecule has 2 aromatic rings. The van der Waals surface area contributed by atoms with Crippen LogP contribution < -0.4 is 5.73 Å². The summed E-state index contributed by atoms with van der Waals surface area (Å²) < 4.78 is 0. The van der Waals surface area contributed by atoms with E-state index in [9.17, 15) is 0 Å². The van der Waals surface area contributed by atoms with Crippen LogP contribution in [0.2, 0.25) is 0 Å². The average Bonchev–Trinajstić information content (AvgIpc) is 2.71. The van der Waals surface area contributed by atoms with Gasteiger partial charge in [0.1, 0.15) is 0 Å². The second-order valence-corrected chi connectivity index (χ2v) is 9.01. The molecule has 2 N–H and O–H groups in total. The van der Waals surface area contributed by atoms with Crippen molar-refractivity contribution >= 4 is 6.08 Å². The minimum atomic E-state index is 0.749. The minimum absolute atomic E-state index is 0.749. The van der Waals surface area contributed by atoms with Gasteiger partial charge in [-0.1, -0.05) is 60.2 Å². The third-order valence-corrected chi connectivity index (χ3v) is 6.51. The molecule has 2 nitrogen and oxygen atoms in total. The zero-order valence-electron chi connectivity index (χ0n) is 18.5. The van der Waals surface area contributed by atoms with Crippen LogP contribution in [-0.2, 0) is 6.54 Å². The maximum absolute atomic E-state index is 5.90. The molecule has 2 heteroatoms. The molecule has 0 aliphatic heterocycles. The van der Waals surface area contributed by atoms with Gasteiger partial charge in [-0.25, -0.2) is 0 Å². The van der Waals surface area contributed by atoms with E-state index in [0.29, 0.717) is 0 Å². The Morgan fingerprint density at radius 2 is 1.55 bits per heavy atom. The van der Waals surface area contributed by atoms with Gasteiger partial charge in [0.2, 0.25) is 0 Å². The van der Waals surface area contributed by atoms with Gasteiger partial charge in [0.05, 0.1) is 0 Å². The molecule has 0 radical (unpaired) electrons. The van der Waals surface area contributed by atoms with Gasteiger partial charge in [-0.15, -0.1) is 0 Å². The fraction of sp³-hybridized carbons (Fsp3) is 0.481. The quantitative estimate of drug-likeness (QED) is 0.609. The van der Waals surface area contributed by atoms with Crippen molar-refractivity contribution in [1.82, 2.24) is 4.90 Å². The number of rotatable bonds is 8. The molecule has 0 spiro atoms. The van der Waals surface area contributed by atoms with Crippen LogP contribution in [0.15, 0.2) is 48.5 Å². The second-order valence-electron chi connectivity index (χ2n) is 9.01. The van der Waals surface area contributed by atoms with Crippen LogP contribution in [0.1, 0.15) is 53.5 Å². The van der Waals surface area contributed by atoms with Crippen molar-refractivity contribution in [3.63, 3.8) is 0 Å². The SMILES string of the molecule is Cc1cc(C)c(CN(CC=Cc2ccccc2)CC2CCC(CN)CC2)c(C)c1. The molecule has 0 amide bonds.